The van der Waals surface area contributed by atoms with Gasteiger partial charge in [0.05, 0.1) is 10.1 Å². The summed E-state index contributed by atoms with van der Waals surface area (Å²) in [4.78, 5) is 0.451. The summed E-state index contributed by atoms with van der Waals surface area (Å²) in [5.74, 6) is 0.598. The Bertz CT molecular complexity index is 513. The molecule has 92 valence electrons. The molecule has 2 fully saturated rings. The van der Waals surface area contributed by atoms with Crippen molar-refractivity contribution < 1.29 is 8.42 Å². The first-order valence-corrected chi connectivity index (χ1v) is 7.73. The second-order valence-corrected chi connectivity index (χ2v) is 7.40. The topological polar surface area (TPSA) is 60.2 Å². The van der Waals surface area contributed by atoms with Gasteiger partial charge >= 0.3 is 0 Å². The number of rotatable bonds is 4. The van der Waals surface area contributed by atoms with E-state index in [2.05, 4.69) is 0 Å². The van der Waals surface area contributed by atoms with E-state index in [0.717, 1.165) is 18.4 Å². The van der Waals surface area contributed by atoms with E-state index in [1.807, 2.05) is 12.1 Å². The smallest absolute Gasteiger partial charge is 0.181 e. The molecule has 2 N–H and O–H groups in total. The third-order valence-corrected chi connectivity index (χ3v) is 5.96. The molecule has 1 unspecified atom stereocenters. The van der Waals surface area contributed by atoms with Crippen LogP contribution in [0.1, 0.15) is 37.3 Å². The lowest BCUT2D eigenvalue weighted by atomic mass is 10.0. The van der Waals surface area contributed by atoms with E-state index in [1.165, 1.54) is 12.8 Å². The van der Waals surface area contributed by atoms with Gasteiger partial charge in [0.2, 0.25) is 0 Å². The molecule has 3 rings (SSSR count). The zero-order valence-corrected chi connectivity index (χ0v) is 10.5. The Labute approximate surface area is 102 Å². The number of hydrogen-bond donors (Lipinski definition) is 1. The van der Waals surface area contributed by atoms with Gasteiger partial charge in [-0.25, -0.2) is 8.42 Å². The minimum atomic E-state index is -3.05. The molecule has 0 heterocycles. The van der Waals surface area contributed by atoms with Crippen LogP contribution in [-0.2, 0) is 9.84 Å². The fraction of sp³-hybridized carbons (Fsp3) is 0.538. The van der Waals surface area contributed by atoms with Crippen LogP contribution < -0.4 is 5.73 Å². The second-order valence-electron chi connectivity index (χ2n) is 5.18. The summed E-state index contributed by atoms with van der Waals surface area (Å²) in [7, 11) is -3.05. The van der Waals surface area contributed by atoms with Crippen molar-refractivity contribution in [2.45, 2.75) is 41.9 Å². The molecule has 0 saturated heterocycles. The largest absolute Gasteiger partial charge is 0.324 e. The molecule has 0 spiro atoms. The molecule has 0 aliphatic heterocycles. The van der Waals surface area contributed by atoms with E-state index in [9.17, 15) is 8.42 Å². The van der Waals surface area contributed by atoms with Crippen LogP contribution in [0.25, 0.3) is 0 Å². The summed E-state index contributed by atoms with van der Waals surface area (Å²) in [6.45, 7) is 0. The number of benzene rings is 1. The molecule has 0 amide bonds. The first-order valence-electron chi connectivity index (χ1n) is 6.18. The molecule has 1 aromatic rings. The summed E-state index contributed by atoms with van der Waals surface area (Å²) in [6, 6.07) is 7.25. The van der Waals surface area contributed by atoms with Gasteiger partial charge in [-0.15, -0.1) is 0 Å². The Balaban J connectivity index is 1.84. The van der Waals surface area contributed by atoms with Crippen LogP contribution in [0, 0.1) is 5.92 Å². The zero-order chi connectivity index (χ0) is 12.0. The molecule has 2 saturated carbocycles. The molecular formula is C13H17NO2S. The normalized spacial score (nSPS) is 22.4. The Morgan fingerprint density at radius 3 is 2.12 bits per heavy atom. The van der Waals surface area contributed by atoms with Gasteiger partial charge in [-0.1, -0.05) is 12.1 Å². The lowest BCUT2D eigenvalue weighted by Crippen LogP contribution is -2.13. The van der Waals surface area contributed by atoms with Crippen molar-refractivity contribution in [1.29, 1.82) is 0 Å². The molecule has 17 heavy (non-hydrogen) atoms. The van der Waals surface area contributed by atoms with Crippen LogP contribution in [0.4, 0.5) is 0 Å². The average molecular weight is 251 g/mol. The van der Waals surface area contributed by atoms with Crippen LogP contribution in [0.5, 0.6) is 0 Å². The zero-order valence-electron chi connectivity index (χ0n) is 9.67. The number of nitrogens with two attached hydrogens (primary N) is 1. The summed E-state index contributed by atoms with van der Waals surface area (Å²) in [5.41, 5.74) is 7.14. The average Bonchev–Trinajstić information content (AvgIpc) is 3.20. The molecule has 2 aliphatic carbocycles. The van der Waals surface area contributed by atoms with Gasteiger partial charge in [0.25, 0.3) is 0 Å². The molecule has 0 bridgehead atoms. The summed E-state index contributed by atoms with van der Waals surface area (Å²) in [5, 5.41) is -0.134. The van der Waals surface area contributed by atoms with Crippen molar-refractivity contribution in [3.05, 3.63) is 29.8 Å². The maximum atomic E-state index is 12.0. The Morgan fingerprint density at radius 1 is 1.06 bits per heavy atom. The van der Waals surface area contributed by atoms with E-state index < -0.39 is 9.84 Å². The summed E-state index contributed by atoms with van der Waals surface area (Å²) < 4.78 is 24.0. The second kappa shape index (κ2) is 3.82. The van der Waals surface area contributed by atoms with E-state index in [0.29, 0.717) is 10.8 Å². The lowest BCUT2D eigenvalue weighted by Gasteiger charge is -2.11. The maximum absolute atomic E-state index is 12.0. The lowest BCUT2D eigenvalue weighted by molar-refractivity contribution is 0.594. The molecule has 3 nitrogen and oxygen atoms in total. The highest BCUT2D eigenvalue weighted by molar-refractivity contribution is 7.92. The number of hydrogen-bond acceptors (Lipinski definition) is 3. The molecular weight excluding hydrogens is 234 g/mol. The van der Waals surface area contributed by atoms with Gasteiger partial charge in [0.1, 0.15) is 0 Å². The fourth-order valence-electron chi connectivity index (χ4n) is 2.18. The standard InChI is InChI=1S/C13H17NO2S/c14-13(9-1-2-9)10-3-5-11(6-4-10)17(15,16)12-7-8-12/h3-6,9,12-13H,1-2,7-8,14H2. The predicted octanol–water partition coefficient (Wildman–Crippen LogP) is 2.03. The van der Waals surface area contributed by atoms with Crippen molar-refractivity contribution >= 4 is 9.84 Å². The first kappa shape index (κ1) is 11.2. The minimum Gasteiger partial charge on any atom is -0.324 e. The third-order valence-electron chi connectivity index (χ3n) is 3.69. The molecule has 4 heteroatoms. The van der Waals surface area contributed by atoms with E-state index >= 15 is 0 Å². The van der Waals surface area contributed by atoms with E-state index in [-0.39, 0.29) is 11.3 Å². The molecule has 0 radical (unpaired) electrons. The van der Waals surface area contributed by atoms with Crippen molar-refractivity contribution in [2.24, 2.45) is 11.7 Å². The SMILES string of the molecule is NC(c1ccc(S(=O)(=O)C2CC2)cc1)C1CC1. The van der Waals surface area contributed by atoms with Crippen LogP contribution in [0.15, 0.2) is 29.2 Å². The van der Waals surface area contributed by atoms with E-state index in [4.69, 9.17) is 5.73 Å². The Kier molecular flexibility index (Phi) is 2.52. The monoisotopic (exact) mass is 251 g/mol. The Morgan fingerprint density at radius 2 is 1.65 bits per heavy atom. The van der Waals surface area contributed by atoms with Gasteiger partial charge in [-0.05, 0) is 49.3 Å². The molecule has 0 aromatic heterocycles. The quantitative estimate of drug-likeness (QED) is 0.890. The third kappa shape index (κ3) is 2.11. The molecule has 2 aliphatic rings. The van der Waals surface area contributed by atoms with Crippen molar-refractivity contribution in [3.8, 4) is 0 Å². The predicted molar refractivity (Wildman–Crippen MR) is 66.3 cm³/mol. The molecule has 1 atom stereocenters. The summed E-state index contributed by atoms with van der Waals surface area (Å²) in [6.07, 6.45) is 4.02. The van der Waals surface area contributed by atoms with Crippen LogP contribution in [-0.4, -0.2) is 13.7 Å². The van der Waals surface area contributed by atoms with Crippen molar-refractivity contribution in [1.82, 2.24) is 0 Å². The molecule has 1 aromatic carbocycles. The van der Waals surface area contributed by atoms with Gasteiger partial charge < -0.3 is 5.73 Å². The van der Waals surface area contributed by atoms with E-state index in [1.54, 1.807) is 12.1 Å². The van der Waals surface area contributed by atoms with Crippen LogP contribution in [0.2, 0.25) is 0 Å². The van der Waals surface area contributed by atoms with Crippen LogP contribution in [0.3, 0.4) is 0 Å². The maximum Gasteiger partial charge on any atom is 0.181 e. The first-order chi connectivity index (χ1) is 8.09. The van der Waals surface area contributed by atoms with Gasteiger partial charge in [0, 0.05) is 6.04 Å². The van der Waals surface area contributed by atoms with Gasteiger partial charge in [-0.3, -0.25) is 0 Å². The van der Waals surface area contributed by atoms with Crippen molar-refractivity contribution in [2.75, 3.05) is 0 Å². The highest BCUT2D eigenvalue weighted by Crippen LogP contribution is 2.40. The fourth-order valence-corrected chi connectivity index (χ4v) is 3.84. The van der Waals surface area contributed by atoms with Gasteiger partial charge in [-0.2, -0.15) is 0 Å². The van der Waals surface area contributed by atoms with Crippen LogP contribution >= 0.6 is 0 Å². The van der Waals surface area contributed by atoms with Crippen molar-refractivity contribution in [3.63, 3.8) is 0 Å². The highest BCUT2D eigenvalue weighted by atomic mass is 32.2. The minimum absolute atomic E-state index is 0.0766. The number of sulfone groups is 1. The Hall–Kier alpha value is -0.870. The van der Waals surface area contributed by atoms with Gasteiger partial charge in [0.15, 0.2) is 9.84 Å². The highest BCUT2D eigenvalue weighted by Gasteiger charge is 2.37. The summed E-state index contributed by atoms with van der Waals surface area (Å²) >= 11 is 0.